The van der Waals surface area contributed by atoms with Crippen LogP contribution in [0.25, 0.3) is 0 Å². The molecule has 1 saturated heterocycles. The maximum atomic E-state index is 11.4. The molecule has 21 heavy (non-hydrogen) atoms. The standard InChI is InChI=1S/C9H9NO3.C5H9BrO2/c11-8-6-4-1-2-5(3-4)7(6)9(12)10(8)13;1-2-3-4(6)5(7)8/h1-2,4-7,13H,3H2;4H,2-3H2,1H3,(H,7,8). The van der Waals surface area contributed by atoms with Gasteiger partial charge >= 0.3 is 5.97 Å². The van der Waals surface area contributed by atoms with Crippen molar-refractivity contribution in [2.45, 2.75) is 31.0 Å². The van der Waals surface area contributed by atoms with E-state index < -0.39 is 17.8 Å². The smallest absolute Gasteiger partial charge is 0.317 e. The molecule has 3 rings (SSSR count). The van der Waals surface area contributed by atoms with Gasteiger partial charge in [-0.15, -0.1) is 0 Å². The molecule has 5 atom stereocenters. The van der Waals surface area contributed by atoms with E-state index in [1.807, 2.05) is 19.1 Å². The molecule has 3 aliphatic rings. The second-order valence-electron chi connectivity index (χ2n) is 5.58. The first kappa shape index (κ1) is 16.2. The van der Waals surface area contributed by atoms with Gasteiger partial charge in [0.25, 0.3) is 11.8 Å². The van der Waals surface area contributed by atoms with Gasteiger partial charge in [-0.05, 0) is 24.7 Å². The number of fused-ring (bicyclic) bond motifs is 5. The van der Waals surface area contributed by atoms with E-state index in [0.717, 1.165) is 12.8 Å². The van der Waals surface area contributed by atoms with Crippen LogP contribution < -0.4 is 0 Å². The Bertz CT molecular complexity index is 462. The van der Waals surface area contributed by atoms with Gasteiger partial charge in [-0.2, -0.15) is 5.06 Å². The Kier molecular flexibility index (Phi) is 4.83. The number of amides is 2. The summed E-state index contributed by atoms with van der Waals surface area (Å²) in [7, 11) is 0. The summed E-state index contributed by atoms with van der Waals surface area (Å²) in [6.07, 6.45) is 6.50. The van der Waals surface area contributed by atoms with Gasteiger partial charge in [0.15, 0.2) is 0 Å². The third-order valence-corrected chi connectivity index (χ3v) is 5.11. The first-order chi connectivity index (χ1) is 9.88. The molecule has 7 heteroatoms. The number of rotatable bonds is 3. The number of alkyl halides is 1. The van der Waals surface area contributed by atoms with Crippen LogP contribution in [0, 0.1) is 23.7 Å². The molecule has 2 N–H and O–H groups in total. The highest BCUT2D eigenvalue weighted by atomic mass is 79.9. The molecule has 2 aliphatic carbocycles. The van der Waals surface area contributed by atoms with Gasteiger partial charge in [-0.1, -0.05) is 41.4 Å². The van der Waals surface area contributed by atoms with Gasteiger partial charge in [-0.25, -0.2) is 0 Å². The minimum atomic E-state index is -0.771. The zero-order valence-corrected chi connectivity index (χ0v) is 13.2. The Morgan fingerprint density at radius 3 is 2.14 bits per heavy atom. The molecule has 1 heterocycles. The topological polar surface area (TPSA) is 94.9 Å². The highest BCUT2D eigenvalue weighted by Gasteiger charge is 2.59. The lowest BCUT2D eigenvalue weighted by molar-refractivity contribution is -0.173. The van der Waals surface area contributed by atoms with Crippen LogP contribution in [0.1, 0.15) is 26.2 Å². The minimum Gasteiger partial charge on any atom is -0.480 e. The van der Waals surface area contributed by atoms with Crippen LogP contribution in [0.2, 0.25) is 0 Å². The van der Waals surface area contributed by atoms with Crippen LogP contribution in [0.15, 0.2) is 12.2 Å². The predicted molar refractivity (Wildman–Crippen MR) is 76.6 cm³/mol. The highest BCUT2D eigenvalue weighted by molar-refractivity contribution is 9.10. The molecule has 2 amide bonds. The van der Waals surface area contributed by atoms with Crippen molar-refractivity contribution in [1.82, 2.24) is 5.06 Å². The number of halogens is 1. The summed E-state index contributed by atoms with van der Waals surface area (Å²) in [6.45, 7) is 1.96. The van der Waals surface area contributed by atoms with Gasteiger partial charge in [-0.3, -0.25) is 19.6 Å². The van der Waals surface area contributed by atoms with Crippen LogP contribution in [-0.4, -0.2) is 38.0 Å². The average molecular weight is 360 g/mol. The fourth-order valence-electron chi connectivity index (χ4n) is 3.26. The van der Waals surface area contributed by atoms with E-state index in [1.54, 1.807) is 0 Å². The maximum absolute atomic E-state index is 11.4. The Labute approximate surface area is 130 Å². The third kappa shape index (κ3) is 2.89. The van der Waals surface area contributed by atoms with Gasteiger partial charge < -0.3 is 5.11 Å². The van der Waals surface area contributed by atoms with Crippen LogP contribution in [0.5, 0.6) is 0 Å². The van der Waals surface area contributed by atoms with Gasteiger partial charge in [0, 0.05) is 0 Å². The third-order valence-electron chi connectivity index (χ3n) is 4.26. The summed E-state index contributed by atoms with van der Waals surface area (Å²) in [5.41, 5.74) is 0. The van der Waals surface area contributed by atoms with Crippen molar-refractivity contribution in [1.29, 1.82) is 0 Å². The average Bonchev–Trinajstić information content (AvgIpc) is 3.11. The molecule has 0 aromatic heterocycles. The second kappa shape index (κ2) is 6.27. The Morgan fingerprint density at radius 1 is 1.33 bits per heavy atom. The number of carboxylic acids is 1. The summed E-state index contributed by atoms with van der Waals surface area (Å²) < 4.78 is 0. The Morgan fingerprint density at radius 2 is 1.81 bits per heavy atom. The molecular weight excluding hydrogens is 342 g/mol. The SMILES string of the molecule is CCCC(Br)C(=O)O.O=C1C2C3C=CC(C3)C2C(=O)N1O. The van der Waals surface area contributed by atoms with Crippen LogP contribution in [-0.2, 0) is 14.4 Å². The molecule has 0 aromatic carbocycles. The first-order valence-electron chi connectivity index (χ1n) is 7.00. The number of hydroxylamine groups is 2. The Balaban J connectivity index is 0.000000177. The normalized spacial score (nSPS) is 33.8. The molecule has 0 spiro atoms. The molecule has 0 radical (unpaired) electrons. The number of aliphatic carboxylic acids is 1. The molecule has 2 bridgehead atoms. The van der Waals surface area contributed by atoms with Crippen molar-refractivity contribution in [2.75, 3.05) is 0 Å². The van der Waals surface area contributed by atoms with Crippen molar-refractivity contribution in [3.63, 3.8) is 0 Å². The number of carboxylic acid groups (broad SMARTS) is 1. The number of hydrogen-bond acceptors (Lipinski definition) is 4. The summed E-state index contributed by atoms with van der Waals surface area (Å²) in [5, 5.41) is 17.7. The molecule has 5 unspecified atom stereocenters. The van der Waals surface area contributed by atoms with Crippen molar-refractivity contribution in [3.05, 3.63) is 12.2 Å². The molecule has 1 aliphatic heterocycles. The monoisotopic (exact) mass is 359 g/mol. The van der Waals surface area contributed by atoms with E-state index >= 15 is 0 Å². The molecule has 0 aromatic rings. The molecule has 6 nitrogen and oxygen atoms in total. The zero-order valence-electron chi connectivity index (χ0n) is 11.6. The fourth-order valence-corrected chi connectivity index (χ4v) is 3.72. The minimum absolute atomic E-state index is 0.184. The lowest BCUT2D eigenvalue weighted by Crippen LogP contribution is -2.29. The van der Waals surface area contributed by atoms with E-state index in [0.29, 0.717) is 11.5 Å². The van der Waals surface area contributed by atoms with Gasteiger partial charge in [0.2, 0.25) is 0 Å². The lowest BCUT2D eigenvalue weighted by Gasteiger charge is -2.13. The maximum Gasteiger partial charge on any atom is 0.317 e. The van der Waals surface area contributed by atoms with Crippen molar-refractivity contribution in [2.24, 2.45) is 23.7 Å². The first-order valence-corrected chi connectivity index (χ1v) is 7.91. The summed E-state index contributed by atoms with van der Waals surface area (Å²) in [4.78, 5) is 32.5. The van der Waals surface area contributed by atoms with Crippen molar-refractivity contribution in [3.8, 4) is 0 Å². The number of hydrogen-bond donors (Lipinski definition) is 2. The summed E-state index contributed by atoms with van der Waals surface area (Å²) in [5.74, 6) is -1.77. The van der Waals surface area contributed by atoms with Crippen LogP contribution in [0.3, 0.4) is 0 Å². The second-order valence-corrected chi connectivity index (χ2v) is 6.69. The summed E-state index contributed by atoms with van der Waals surface area (Å²) in [6, 6.07) is 0. The zero-order chi connectivity index (χ0) is 15.7. The number of carbonyl (C=O) groups is 3. The lowest BCUT2D eigenvalue weighted by atomic mass is 9.85. The molecule has 1 saturated carbocycles. The predicted octanol–water partition coefficient (Wildman–Crippen LogP) is 1.82. The van der Waals surface area contributed by atoms with E-state index in [-0.39, 0.29) is 28.5 Å². The number of allylic oxidation sites excluding steroid dienone is 2. The van der Waals surface area contributed by atoms with Crippen molar-refractivity contribution >= 4 is 33.7 Å². The van der Waals surface area contributed by atoms with Gasteiger partial charge in [0.05, 0.1) is 11.8 Å². The molecule has 116 valence electrons. The van der Waals surface area contributed by atoms with E-state index in [9.17, 15) is 14.4 Å². The highest BCUT2D eigenvalue weighted by Crippen LogP contribution is 2.51. The fraction of sp³-hybridized carbons (Fsp3) is 0.643. The molecular formula is C14H18BrNO5. The number of nitrogens with zero attached hydrogens (tertiary/aromatic N) is 1. The quantitative estimate of drug-likeness (QED) is 0.347. The number of imide groups is 1. The van der Waals surface area contributed by atoms with Crippen molar-refractivity contribution < 1.29 is 24.7 Å². The Hall–Kier alpha value is -1.21. The van der Waals surface area contributed by atoms with E-state index in [2.05, 4.69) is 15.9 Å². The van der Waals surface area contributed by atoms with E-state index in [1.165, 1.54) is 0 Å². The molecule has 2 fully saturated rings. The largest absolute Gasteiger partial charge is 0.480 e. The van der Waals surface area contributed by atoms with Gasteiger partial charge in [0.1, 0.15) is 4.83 Å². The van der Waals surface area contributed by atoms with Crippen LogP contribution >= 0.6 is 15.9 Å². The summed E-state index contributed by atoms with van der Waals surface area (Å²) >= 11 is 3.00. The number of carbonyl (C=O) groups excluding carboxylic acids is 2. The van der Waals surface area contributed by atoms with E-state index in [4.69, 9.17) is 10.3 Å². The van der Waals surface area contributed by atoms with Crippen LogP contribution in [0.4, 0.5) is 0 Å².